The summed E-state index contributed by atoms with van der Waals surface area (Å²) in [4.78, 5) is 2.05. The van der Waals surface area contributed by atoms with Gasteiger partial charge < -0.3 is 15.4 Å². The van der Waals surface area contributed by atoms with Crippen LogP contribution in [-0.4, -0.2) is 38.0 Å². The fraction of sp³-hybridized carbons (Fsp3) is 0.364. The Morgan fingerprint density at radius 1 is 1.47 bits per heavy atom. The second-order valence-corrected chi connectivity index (χ2v) is 3.59. The quantitative estimate of drug-likeness (QED) is 0.557. The number of ether oxygens (including phenoxy) is 1. The lowest BCUT2D eigenvalue weighted by atomic mass is 10.2. The molecular weight excluding hydrogens is 190 g/mol. The zero-order chi connectivity index (χ0) is 11.3. The third-order valence-corrected chi connectivity index (χ3v) is 1.95. The van der Waals surface area contributed by atoms with Crippen LogP contribution in [0.25, 0.3) is 0 Å². The third kappa shape index (κ3) is 3.99. The molecule has 0 saturated heterocycles. The van der Waals surface area contributed by atoms with Crippen molar-refractivity contribution in [1.82, 2.24) is 4.90 Å². The largest absolute Gasteiger partial charge is 0.492 e. The minimum atomic E-state index is 0.0630. The Labute approximate surface area is 90.2 Å². The summed E-state index contributed by atoms with van der Waals surface area (Å²) < 4.78 is 5.51. The Bertz CT molecular complexity index is 336. The molecule has 0 fully saturated rings. The summed E-state index contributed by atoms with van der Waals surface area (Å²) in [6.45, 7) is 1.50. The SMILES string of the molecule is CN(C)CCOc1cccc(C(=N)N)c1. The molecule has 0 aliphatic carbocycles. The number of nitrogen functional groups attached to an aromatic ring is 1. The van der Waals surface area contributed by atoms with Crippen LogP contribution in [0.3, 0.4) is 0 Å². The van der Waals surface area contributed by atoms with E-state index in [2.05, 4.69) is 4.90 Å². The van der Waals surface area contributed by atoms with Crippen molar-refractivity contribution in [1.29, 1.82) is 5.41 Å². The summed E-state index contributed by atoms with van der Waals surface area (Å²) in [5, 5.41) is 7.29. The molecule has 0 aromatic heterocycles. The number of nitrogens with zero attached hydrogens (tertiary/aromatic N) is 1. The fourth-order valence-corrected chi connectivity index (χ4v) is 1.10. The molecule has 1 aromatic rings. The van der Waals surface area contributed by atoms with E-state index in [4.69, 9.17) is 15.9 Å². The summed E-state index contributed by atoms with van der Waals surface area (Å²) in [5.41, 5.74) is 6.07. The Morgan fingerprint density at radius 2 is 2.20 bits per heavy atom. The van der Waals surface area contributed by atoms with Gasteiger partial charge >= 0.3 is 0 Å². The standard InChI is InChI=1S/C11H17N3O/c1-14(2)6-7-15-10-5-3-4-9(8-10)11(12)13/h3-5,8H,6-7H2,1-2H3,(H3,12,13). The molecule has 0 aliphatic rings. The summed E-state index contributed by atoms with van der Waals surface area (Å²) in [6, 6.07) is 7.27. The molecule has 0 heterocycles. The molecule has 1 rings (SSSR count). The molecule has 0 amide bonds. The maximum Gasteiger partial charge on any atom is 0.122 e. The molecule has 0 radical (unpaired) electrons. The molecule has 0 aliphatic heterocycles. The van der Waals surface area contributed by atoms with Crippen molar-refractivity contribution >= 4 is 5.84 Å². The Morgan fingerprint density at radius 3 is 2.80 bits per heavy atom. The van der Waals surface area contributed by atoms with Gasteiger partial charge in [0.2, 0.25) is 0 Å². The van der Waals surface area contributed by atoms with Crippen molar-refractivity contribution < 1.29 is 4.74 Å². The maximum atomic E-state index is 7.29. The van der Waals surface area contributed by atoms with Crippen LogP contribution < -0.4 is 10.5 Å². The van der Waals surface area contributed by atoms with Gasteiger partial charge in [0.15, 0.2) is 0 Å². The smallest absolute Gasteiger partial charge is 0.122 e. The first kappa shape index (κ1) is 11.5. The van der Waals surface area contributed by atoms with Gasteiger partial charge in [0.05, 0.1) is 0 Å². The predicted octanol–water partition coefficient (Wildman–Crippen LogP) is 0.911. The number of amidine groups is 1. The lowest BCUT2D eigenvalue weighted by Gasteiger charge is -2.11. The summed E-state index contributed by atoms with van der Waals surface area (Å²) in [5.74, 6) is 0.817. The lowest BCUT2D eigenvalue weighted by Crippen LogP contribution is -2.19. The van der Waals surface area contributed by atoms with Crippen LogP contribution in [0.15, 0.2) is 24.3 Å². The summed E-state index contributed by atoms with van der Waals surface area (Å²) in [7, 11) is 3.99. The first-order valence-corrected chi connectivity index (χ1v) is 4.81. The number of nitrogens with one attached hydrogen (secondary N) is 1. The minimum Gasteiger partial charge on any atom is -0.492 e. The normalized spacial score (nSPS) is 10.3. The number of benzene rings is 1. The zero-order valence-electron chi connectivity index (χ0n) is 9.16. The van der Waals surface area contributed by atoms with E-state index in [1.54, 1.807) is 12.1 Å². The Kier molecular flexibility index (Phi) is 4.12. The van der Waals surface area contributed by atoms with Crippen LogP contribution in [0.2, 0.25) is 0 Å². The van der Waals surface area contributed by atoms with Crippen molar-refractivity contribution in [3.05, 3.63) is 29.8 Å². The van der Waals surface area contributed by atoms with Crippen molar-refractivity contribution in [3.8, 4) is 5.75 Å². The van der Waals surface area contributed by atoms with E-state index >= 15 is 0 Å². The highest BCUT2D eigenvalue weighted by Gasteiger charge is 1.99. The molecule has 0 atom stereocenters. The van der Waals surface area contributed by atoms with Gasteiger partial charge in [-0.1, -0.05) is 12.1 Å². The molecule has 4 heteroatoms. The maximum absolute atomic E-state index is 7.29. The van der Waals surface area contributed by atoms with E-state index in [1.165, 1.54) is 0 Å². The van der Waals surface area contributed by atoms with Crippen molar-refractivity contribution in [2.45, 2.75) is 0 Å². The van der Waals surface area contributed by atoms with Crippen LogP contribution in [0.5, 0.6) is 5.75 Å². The van der Waals surface area contributed by atoms with Crippen LogP contribution in [0.4, 0.5) is 0 Å². The molecule has 82 valence electrons. The van der Waals surface area contributed by atoms with E-state index in [9.17, 15) is 0 Å². The molecule has 15 heavy (non-hydrogen) atoms. The molecule has 0 saturated carbocycles. The average Bonchev–Trinajstić information content (AvgIpc) is 2.17. The third-order valence-electron chi connectivity index (χ3n) is 1.95. The minimum absolute atomic E-state index is 0.0630. The number of likely N-dealkylation sites (N-methyl/N-ethyl adjacent to an activating group) is 1. The van der Waals surface area contributed by atoms with Gasteiger partial charge in [0.25, 0.3) is 0 Å². The van der Waals surface area contributed by atoms with E-state index in [1.807, 2.05) is 26.2 Å². The predicted molar refractivity (Wildman–Crippen MR) is 61.5 cm³/mol. The Hall–Kier alpha value is -1.55. The highest BCUT2D eigenvalue weighted by Crippen LogP contribution is 2.12. The van der Waals surface area contributed by atoms with E-state index in [0.717, 1.165) is 12.3 Å². The summed E-state index contributed by atoms with van der Waals surface area (Å²) >= 11 is 0. The van der Waals surface area contributed by atoms with Crippen molar-refractivity contribution in [2.75, 3.05) is 27.2 Å². The van der Waals surface area contributed by atoms with Gasteiger partial charge in [-0.05, 0) is 26.2 Å². The molecule has 0 spiro atoms. The van der Waals surface area contributed by atoms with Gasteiger partial charge in [-0.15, -0.1) is 0 Å². The summed E-state index contributed by atoms with van der Waals surface area (Å²) in [6.07, 6.45) is 0. The van der Waals surface area contributed by atoms with Gasteiger partial charge in [-0.25, -0.2) is 0 Å². The van der Waals surface area contributed by atoms with E-state index in [0.29, 0.717) is 12.2 Å². The van der Waals surface area contributed by atoms with Gasteiger partial charge in [0.1, 0.15) is 18.2 Å². The molecule has 1 aromatic carbocycles. The fourth-order valence-electron chi connectivity index (χ4n) is 1.10. The second-order valence-electron chi connectivity index (χ2n) is 3.59. The monoisotopic (exact) mass is 207 g/mol. The van der Waals surface area contributed by atoms with E-state index in [-0.39, 0.29) is 5.84 Å². The van der Waals surface area contributed by atoms with Crippen molar-refractivity contribution in [3.63, 3.8) is 0 Å². The molecule has 4 nitrogen and oxygen atoms in total. The first-order valence-electron chi connectivity index (χ1n) is 4.81. The van der Waals surface area contributed by atoms with E-state index < -0.39 is 0 Å². The highest BCUT2D eigenvalue weighted by molar-refractivity contribution is 5.95. The zero-order valence-corrected chi connectivity index (χ0v) is 9.16. The molecule has 0 bridgehead atoms. The molecule has 3 N–H and O–H groups in total. The number of nitrogens with two attached hydrogens (primary N) is 1. The van der Waals surface area contributed by atoms with Gasteiger partial charge in [-0.3, -0.25) is 5.41 Å². The first-order chi connectivity index (χ1) is 7.09. The number of hydrogen-bond donors (Lipinski definition) is 2. The van der Waals surface area contributed by atoms with Crippen LogP contribution >= 0.6 is 0 Å². The number of hydrogen-bond acceptors (Lipinski definition) is 3. The second kappa shape index (κ2) is 5.36. The van der Waals surface area contributed by atoms with Crippen molar-refractivity contribution in [2.24, 2.45) is 5.73 Å². The van der Waals surface area contributed by atoms with Gasteiger partial charge in [0, 0.05) is 12.1 Å². The van der Waals surface area contributed by atoms with Gasteiger partial charge in [-0.2, -0.15) is 0 Å². The van der Waals surface area contributed by atoms with Crippen LogP contribution in [0, 0.1) is 5.41 Å². The van der Waals surface area contributed by atoms with Crippen LogP contribution in [0.1, 0.15) is 5.56 Å². The highest BCUT2D eigenvalue weighted by atomic mass is 16.5. The average molecular weight is 207 g/mol. The van der Waals surface area contributed by atoms with Crippen LogP contribution in [-0.2, 0) is 0 Å². The molecular formula is C11H17N3O. The number of rotatable bonds is 5. The topological polar surface area (TPSA) is 62.3 Å². The lowest BCUT2D eigenvalue weighted by molar-refractivity contribution is 0.261. The molecule has 0 unspecified atom stereocenters. The Balaban J connectivity index is 2.54.